The highest BCUT2D eigenvalue weighted by Gasteiger charge is 2.51. The lowest BCUT2D eigenvalue weighted by Gasteiger charge is -2.32. The van der Waals surface area contributed by atoms with E-state index in [1.54, 1.807) is 24.5 Å². The highest BCUT2D eigenvalue weighted by molar-refractivity contribution is 6.31. The van der Waals surface area contributed by atoms with Crippen LogP contribution in [0.15, 0.2) is 54.6 Å². The van der Waals surface area contributed by atoms with E-state index in [2.05, 4.69) is 22.4 Å². The largest absolute Gasteiger partial charge is 0.446 e. The third kappa shape index (κ3) is 5.85. The van der Waals surface area contributed by atoms with Crippen LogP contribution in [0.4, 0.5) is 4.79 Å². The molecule has 1 saturated carbocycles. The molecule has 1 N–H and O–H groups in total. The second-order valence-electron chi connectivity index (χ2n) is 12.4. The maximum absolute atomic E-state index is 13.7. The summed E-state index contributed by atoms with van der Waals surface area (Å²) in [7, 11) is 3.51. The van der Waals surface area contributed by atoms with Crippen molar-refractivity contribution in [1.29, 1.82) is 0 Å². The van der Waals surface area contributed by atoms with Crippen molar-refractivity contribution in [1.82, 2.24) is 24.8 Å². The first-order valence-electron chi connectivity index (χ1n) is 15.9. The number of aryl methyl sites for hydroxylation is 1. The Labute approximate surface area is 273 Å². The normalized spacial score (nSPS) is 19.8. The van der Waals surface area contributed by atoms with Crippen molar-refractivity contribution in [2.45, 2.75) is 56.3 Å². The molecule has 1 aromatic carbocycles. The zero-order valence-electron chi connectivity index (χ0n) is 26.1. The molecule has 0 bridgehead atoms. The lowest BCUT2D eigenvalue weighted by Crippen LogP contribution is -2.40. The second-order valence-corrected chi connectivity index (χ2v) is 12.9. The Morgan fingerprint density at radius 1 is 1.13 bits per heavy atom. The Kier molecular flexibility index (Phi) is 8.44. The van der Waals surface area contributed by atoms with Gasteiger partial charge in [-0.05, 0) is 66.7 Å². The van der Waals surface area contributed by atoms with Crippen molar-refractivity contribution in [3.63, 3.8) is 0 Å². The number of nitrogens with one attached hydrogen (secondary N) is 1. The van der Waals surface area contributed by atoms with E-state index >= 15 is 0 Å². The Morgan fingerprint density at radius 3 is 2.61 bits per heavy atom. The summed E-state index contributed by atoms with van der Waals surface area (Å²) in [5.41, 5.74) is 6.83. The van der Waals surface area contributed by atoms with E-state index in [0.717, 1.165) is 52.1 Å². The summed E-state index contributed by atoms with van der Waals surface area (Å²) in [5, 5.41) is 3.90. The molecule has 11 heteroatoms. The van der Waals surface area contributed by atoms with Crippen LogP contribution in [-0.4, -0.2) is 76.6 Å². The Hall–Kier alpha value is -3.99. The molecule has 0 radical (unpaired) electrons. The number of hydrogen-bond donors (Lipinski definition) is 1. The molecule has 4 aliphatic rings. The van der Waals surface area contributed by atoms with Gasteiger partial charge in [-0.1, -0.05) is 29.3 Å². The van der Waals surface area contributed by atoms with Crippen molar-refractivity contribution >= 4 is 40.8 Å². The first kappa shape index (κ1) is 30.7. The monoisotopic (exact) mass is 643 g/mol. The van der Waals surface area contributed by atoms with Gasteiger partial charge in [-0.15, -0.1) is 0 Å². The number of halogens is 1. The van der Waals surface area contributed by atoms with Crippen molar-refractivity contribution in [2.75, 3.05) is 33.4 Å². The number of benzene rings is 1. The first-order valence-corrected chi connectivity index (χ1v) is 16.3. The highest BCUT2D eigenvalue weighted by Crippen LogP contribution is 2.46. The van der Waals surface area contributed by atoms with Gasteiger partial charge in [-0.3, -0.25) is 9.78 Å². The number of imidazole rings is 1. The number of hydrogen-bond acceptors (Lipinski definition) is 7. The molecule has 2 aromatic heterocycles. The molecule has 3 fully saturated rings. The predicted molar refractivity (Wildman–Crippen MR) is 174 cm³/mol. The number of nitrogens with zero attached hydrogens (tertiary/aromatic N) is 4. The molecular weight excluding hydrogens is 606 g/mol. The molecule has 7 rings (SSSR count). The van der Waals surface area contributed by atoms with Gasteiger partial charge < -0.3 is 29.0 Å². The van der Waals surface area contributed by atoms with Gasteiger partial charge >= 0.3 is 6.09 Å². The van der Waals surface area contributed by atoms with E-state index in [9.17, 15) is 9.59 Å². The summed E-state index contributed by atoms with van der Waals surface area (Å²) in [5.74, 6) is -0.153. The predicted octanol–water partition coefficient (Wildman–Crippen LogP) is 5.57. The number of pyridine rings is 1. The molecule has 10 nitrogen and oxygen atoms in total. The van der Waals surface area contributed by atoms with E-state index in [0.29, 0.717) is 57.0 Å². The molecule has 4 heterocycles. The van der Waals surface area contributed by atoms with E-state index in [1.807, 2.05) is 42.1 Å². The quantitative estimate of drug-likeness (QED) is 0.374. The van der Waals surface area contributed by atoms with Gasteiger partial charge in [0.2, 0.25) is 0 Å². The maximum atomic E-state index is 13.7. The summed E-state index contributed by atoms with van der Waals surface area (Å²) >= 11 is 6.70. The average Bonchev–Trinajstić information content (AvgIpc) is 3.80. The molecule has 2 aliphatic heterocycles. The molecule has 2 aliphatic carbocycles. The van der Waals surface area contributed by atoms with E-state index in [1.165, 1.54) is 5.57 Å². The first-order chi connectivity index (χ1) is 22.4. The lowest BCUT2D eigenvalue weighted by molar-refractivity contribution is -0.134. The molecular formula is C35H38ClN5O5. The summed E-state index contributed by atoms with van der Waals surface area (Å²) in [6.45, 7) is 2.36. The number of rotatable bonds is 6. The van der Waals surface area contributed by atoms with Crippen LogP contribution in [0.2, 0.25) is 5.02 Å². The standard InChI is InChI=1S/C35H38ClN5O5/c1-40-21-37-20-29(40)32(39-33(42)35(44-2)11-12-35)28-18-23-4-3-13-38-31(23)30(26-6-5-24(36)19-27(26)28)22-7-14-41(15-8-22)34(43)46-25-9-16-45-17-10-25/h3-6,13,18-21,25,32H,7-12,14-17H2,1-2H3,(H,39,42). The molecule has 240 valence electrons. The zero-order chi connectivity index (χ0) is 31.8. The summed E-state index contributed by atoms with van der Waals surface area (Å²) in [6, 6.07) is 9.35. The van der Waals surface area contributed by atoms with Crippen molar-refractivity contribution in [3.8, 4) is 0 Å². The number of methoxy groups -OCH3 is 1. The van der Waals surface area contributed by atoms with Gasteiger partial charge in [0, 0.05) is 62.4 Å². The summed E-state index contributed by atoms with van der Waals surface area (Å²) < 4.78 is 18.8. The number of fused-ring (bicyclic) bond motifs is 2. The molecule has 0 spiro atoms. The number of carbonyl (C=O) groups is 2. The fourth-order valence-electron chi connectivity index (χ4n) is 6.76. The SMILES string of the molecule is COC1(C(=O)NC(C2=Cc3cccnc3C(=C3CCN(C(=O)OC4CCOCC4)CC3)c3ccc(Cl)cc32)c2cncn2C)CC1. The topological polar surface area (TPSA) is 108 Å². The molecule has 3 aromatic rings. The minimum Gasteiger partial charge on any atom is -0.446 e. The van der Waals surface area contributed by atoms with Crippen LogP contribution in [0, 0.1) is 0 Å². The van der Waals surface area contributed by atoms with Gasteiger partial charge in [-0.25, -0.2) is 9.78 Å². The minimum absolute atomic E-state index is 0.0911. The van der Waals surface area contributed by atoms with Crippen LogP contribution in [0.25, 0.3) is 17.2 Å². The van der Waals surface area contributed by atoms with Gasteiger partial charge in [-0.2, -0.15) is 0 Å². The van der Waals surface area contributed by atoms with Crippen LogP contribution >= 0.6 is 11.6 Å². The maximum Gasteiger partial charge on any atom is 0.410 e. The van der Waals surface area contributed by atoms with Crippen LogP contribution < -0.4 is 5.32 Å². The third-order valence-corrected chi connectivity index (χ3v) is 9.84. The fraction of sp³-hybridized carbons (Fsp3) is 0.429. The van der Waals surface area contributed by atoms with Crippen LogP contribution in [0.5, 0.6) is 0 Å². The van der Waals surface area contributed by atoms with Gasteiger partial charge in [0.15, 0.2) is 0 Å². The van der Waals surface area contributed by atoms with E-state index < -0.39 is 11.6 Å². The number of piperidine rings is 1. The number of aromatic nitrogens is 3. The fourth-order valence-corrected chi connectivity index (χ4v) is 6.93. The Bertz CT molecular complexity index is 1710. The summed E-state index contributed by atoms with van der Waals surface area (Å²) in [6.07, 6.45) is 11.3. The van der Waals surface area contributed by atoms with E-state index in [4.69, 9.17) is 30.8 Å². The van der Waals surface area contributed by atoms with Crippen molar-refractivity contribution in [3.05, 3.63) is 87.7 Å². The zero-order valence-corrected chi connectivity index (χ0v) is 26.9. The Balaban J connectivity index is 1.28. The van der Waals surface area contributed by atoms with Crippen LogP contribution in [-0.2, 0) is 26.1 Å². The van der Waals surface area contributed by atoms with Crippen molar-refractivity contribution < 1.29 is 23.8 Å². The van der Waals surface area contributed by atoms with Crippen LogP contribution in [0.1, 0.15) is 72.6 Å². The number of amides is 2. The molecule has 2 amide bonds. The average molecular weight is 644 g/mol. The molecule has 1 atom stereocenters. The van der Waals surface area contributed by atoms with Crippen LogP contribution in [0.3, 0.4) is 0 Å². The smallest absolute Gasteiger partial charge is 0.410 e. The van der Waals surface area contributed by atoms with Gasteiger partial charge in [0.25, 0.3) is 5.91 Å². The van der Waals surface area contributed by atoms with Gasteiger partial charge in [0.1, 0.15) is 11.7 Å². The molecule has 1 unspecified atom stereocenters. The summed E-state index contributed by atoms with van der Waals surface area (Å²) in [4.78, 5) is 37.8. The number of ether oxygens (including phenoxy) is 3. The van der Waals surface area contributed by atoms with Crippen molar-refractivity contribution in [2.24, 2.45) is 7.05 Å². The molecule has 46 heavy (non-hydrogen) atoms. The van der Waals surface area contributed by atoms with E-state index in [-0.39, 0.29) is 18.1 Å². The highest BCUT2D eigenvalue weighted by atomic mass is 35.5. The third-order valence-electron chi connectivity index (χ3n) is 9.61. The number of carbonyl (C=O) groups excluding carboxylic acids is 2. The lowest BCUT2D eigenvalue weighted by atomic mass is 9.86. The van der Waals surface area contributed by atoms with Gasteiger partial charge in [0.05, 0.1) is 43.2 Å². The second kappa shape index (κ2) is 12.7. The minimum atomic E-state index is -0.814. The number of likely N-dealkylation sites (tertiary alicyclic amines) is 1. The Morgan fingerprint density at radius 2 is 1.91 bits per heavy atom. The molecule has 2 saturated heterocycles.